The molecule has 0 aliphatic rings. The van der Waals surface area contributed by atoms with Crippen molar-refractivity contribution in [1.29, 1.82) is 0 Å². The zero-order valence-corrected chi connectivity index (χ0v) is 12.6. The van der Waals surface area contributed by atoms with Gasteiger partial charge in [0.25, 0.3) is 5.69 Å². The summed E-state index contributed by atoms with van der Waals surface area (Å²) >= 11 is 0. The lowest BCUT2D eigenvalue weighted by Gasteiger charge is -2.04. The van der Waals surface area contributed by atoms with Gasteiger partial charge in [-0.1, -0.05) is 30.3 Å². The van der Waals surface area contributed by atoms with Gasteiger partial charge in [-0.25, -0.2) is 0 Å². The van der Waals surface area contributed by atoms with Crippen LogP contribution in [0.15, 0.2) is 72.9 Å². The van der Waals surface area contributed by atoms with Crippen molar-refractivity contribution < 1.29 is 4.92 Å². The van der Waals surface area contributed by atoms with Crippen LogP contribution in [0, 0.1) is 10.1 Å². The van der Waals surface area contributed by atoms with Crippen LogP contribution in [0.2, 0.25) is 0 Å². The van der Waals surface area contributed by atoms with Crippen molar-refractivity contribution >= 4 is 32.9 Å². The third kappa shape index (κ3) is 1.62. The summed E-state index contributed by atoms with van der Waals surface area (Å²) in [6.45, 7) is 0. The fraction of sp³-hybridized carbons (Fsp3) is 0. The molecule has 2 heterocycles. The number of fused-ring (bicyclic) bond motifs is 3. The van der Waals surface area contributed by atoms with Crippen molar-refractivity contribution in [3.8, 4) is 11.1 Å². The first-order valence-electron chi connectivity index (χ1n) is 7.73. The molecule has 0 atom stereocenters. The molecule has 0 saturated carbocycles. The van der Waals surface area contributed by atoms with E-state index in [-0.39, 0.29) is 10.6 Å². The number of aromatic nitrogens is 1. The van der Waals surface area contributed by atoms with Crippen LogP contribution in [0.5, 0.6) is 0 Å². The zero-order valence-electron chi connectivity index (χ0n) is 12.6. The molecule has 0 radical (unpaired) electrons. The first-order valence-corrected chi connectivity index (χ1v) is 7.73. The van der Waals surface area contributed by atoms with E-state index in [4.69, 9.17) is 0 Å². The Labute approximate surface area is 137 Å². The smallest absolute Gasteiger partial charge is 0.277 e. The van der Waals surface area contributed by atoms with E-state index in [9.17, 15) is 10.1 Å². The summed E-state index contributed by atoms with van der Waals surface area (Å²) < 4.78 is 2.18. The van der Waals surface area contributed by atoms with E-state index in [0.29, 0.717) is 5.56 Å². The Bertz CT molecular complexity index is 1240. The molecule has 4 nitrogen and oxygen atoms in total. The van der Waals surface area contributed by atoms with E-state index in [1.807, 2.05) is 30.3 Å². The number of nitro groups is 1. The molecule has 0 amide bonds. The average molecular weight is 312 g/mol. The van der Waals surface area contributed by atoms with Crippen molar-refractivity contribution in [3.05, 3.63) is 83.0 Å². The molecule has 4 heteroatoms. The monoisotopic (exact) mass is 312 g/mol. The summed E-state index contributed by atoms with van der Waals surface area (Å²) in [5.74, 6) is 0. The summed E-state index contributed by atoms with van der Waals surface area (Å²) in [5.41, 5.74) is 3.98. The maximum absolute atomic E-state index is 11.4. The van der Waals surface area contributed by atoms with Gasteiger partial charge in [-0.05, 0) is 35.9 Å². The standard InChI is InChI=1S/C20H12N2O2/c23-22(24)19-8-4-1-5-15(19)14-11-13-9-10-21-18-7-3-2-6-16(18)17(12-14)20(13)21/h1-12H. The van der Waals surface area contributed by atoms with Crippen LogP contribution in [0.1, 0.15) is 0 Å². The quantitative estimate of drug-likeness (QED) is 0.330. The SMILES string of the molecule is O=[N+]([O-])c1ccccc1-c1cc2ccn3c4ccccc4c(c1)c23. The van der Waals surface area contributed by atoms with E-state index in [2.05, 4.69) is 34.9 Å². The maximum atomic E-state index is 11.4. The van der Waals surface area contributed by atoms with E-state index in [1.54, 1.807) is 12.1 Å². The molecule has 114 valence electrons. The molecule has 5 aromatic rings. The number of hydrogen-bond acceptors (Lipinski definition) is 2. The third-order valence-corrected chi connectivity index (χ3v) is 4.65. The first kappa shape index (κ1) is 13.1. The van der Waals surface area contributed by atoms with Gasteiger partial charge in [-0.2, -0.15) is 0 Å². The van der Waals surface area contributed by atoms with Crippen molar-refractivity contribution in [2.75, 3.05) is 0 Å². The van der Waals surface area contributed by atoms with Crippen LogP contribution in [0.4, 0.5) is 5.69 Å². The molecule has 0 N–H and O–H groups in total. The second-order valence-electron chi connectivity index (χ2n) is 5.94. The van der Waals surface area contributed by atoms with Crippen molar-refractivity contribution in [1.82, 2.24) is 4.40 Å². The molecule has 0 bridgehead atoms. The van der Waals surface area contributed by atoms with Crippen LogP contribution < -0.4 is 0 Å². The highest BCUT2D eigenvalue weighted by atomic mass is 16.6. The third-order valence-electron chi connectivity index (χ3n) is 4.65. The molecule has 2 aromatic heterocycles. The lowest BCUT2D eigenvalue weighted by atomic mass is 9.99. The predicted molar refractivity (Wildman–Crippen MR) is 95.7 cm³/mol. The zero-order chi connectivity index (χ0) is 16.3. The fourth-order valence-corrected chi connectivity index (χ4v) is 3.63. The topological polar surface area (TPSA) is 47.5 Å². The number of hydrogen-bond donors (Lipinski definition) is 0. The Morgan fingerprint density at radius 1 is 0.875 bits per heavy atom. The highest BCUT2D eigenvalue weighted by Crippen LogP contribution is 2.38. The maximum Gasteiger partial charge on any atom is 0.277 e. The van der Waals surface area contributed by atoms with Crippen molar-refractivity contribution in [2.24, 2.45) is 0 Å². The van der Waals surface area contributed by atoms with Crippen molar-refractivity contribution in [2.45, 2.75) is 0 Å². The molecular weight excluding hydrogens is 300 g/mol. The molecule has 0 aliphatic carbocycles. The Balaban J connectivity index is 1.92. The highest BCUT2D eigenvalue weighted by molar-refractivity contribution is 6.16. The van der Waals surface area contributed by atoms with Gasteiger partial charge in [0, 0.05) is 28.4 Å². The molecule has 24 heavy (non-hydrogen) atoms. The number of nitro benzene ring substituents is 1. The summed E-state index contributed by atoms with van der Waals surface area (Å²) in [6.07, 6.45) is 2.06. The van der Waals surface area contributed by atoms with E-state index in [0.717, 1.165) is 21.9 Å². The van der Waals surface area contributed by atoms with Gasteiger partial charge in [-0.15, -0.1) is 0 Å². The number of nitrogens with zero attached hydrogens (tertiary/aromatic N) is 2. The molecule has 0 fully saturated rings. The van der Waals surface area contributed by atoms with Gasteiger partial charge in [0.15, 0.2) is 0 Å². The largest absolute Gasteiger partial charge is 0.315 e. The Kier molecular flexibility index (Phi) is 2.48. The molecule has 0 saturated heterocycles. The van der Waals surface area contributed by atoms with Crippen molar-refractivity contribution in [3.63, 3.8) is 0 Å². The molecule has 0 spiro atoms. The summed E-state index contributed by atoms with van der Waals surface area (Å²) in [5, 5.41) is 14.8. The summed E-state index contributed by atoms with van der Waals surface area (Å²) in [6, 6.07) is 21.3. The first-order chi connectivity index (χ1) is 11.7. The molecular formula is C20H12N2O2. The Morgan fingerprint density at radius 2 is 1.67 bits per heavy atom. The normalized spacial score (nSPS) is 11.7. The predicted octanol–water partition coefficient (Wildman–Crippen LogP) is 5.26. The number of para-hydroxylation sites is 2. The van der Waals surface area contributed by atoms with Crippen LogP contribution in [0.25, 0.3) is 38.3 Å². The lowest BCUT2D eigenvalue weighted by molar-refractivity contribution is -0.384. The van der Waals surface area contributed by atoms with Gasteiger partial charge in [0.1, 0.15) is 0 Å². The van der Waals surface area contributed by atoms with Crippen LogP contribution in [-0.4, -0.2) is 9.32 Å². The number of rotatable bonds is 2. The molecule has 3 aromatic carbocycles. The Hall–Kier alpha value is -3.40. The van der Waals surface area contributed by atoms with E-state index in [1.165, 1.54) is 10.9 Å². The minimum atomic E-state index is -0.321. The van der Waals surface area contributed by atoms with E-state index >= 15 is 0 Å². The second-order valence-corrected chi connectivity index (χ2v) is 5.94. The Morgan fingerprint density at radius 3 is 2.54 bits per heavy atom. The lowest BCUT2D eigenvalue weighted by Crippen LogP contribution is -1.91. The van der Waals surface area contributed by atoms with Gasteiger partial charge in [-0.3, -0.25) is 10.1 Å². The molecule has 0 aliphatic heterocycles. The molecule has 5 rings (SSSR count). The van der Waals surface area contributed by atoms with Crippen LogP contribution >= 0.6 is 0 Å². The van der Waals surface area contributed by atoms with Crippen LogP contribution in [0.3, 0.4) is 0 Å². The summed E-state index contributed by atoms with van der Waals surface area (Å²) in [4.78, 5) is 11.1. The van der Waals surface area contributed by atoms with Gasteiger partial charge in [0.05, 0.1) is 21.5 Å². The fourth-order valence-electron chi connectivity index (χ4n) is 3.63. The van der Waals surface area contributed by atoms with Gasteiger partial charge >= 0.3 is 0 Å². The minimum Gasteiger partial charge on any atom is -0.315 e. The van der Waals surface area contributed by atoms with Gasteiger partial charge < -0.3 is 4.40 Å². The number of benzene rings is 3. The average Bonchev–Trinajstić information content (AvgIpc) is 3.18. The van der Waals surface area contributed by atoms with Crippen LogP contribution in [-0.2, 0) is 0 Å². The van der Waals surface area contributed by atoms with Gasteiger partial charge in [0.2, 0.25) is 0 Å². The highest BCUT2D eigenvalue weighted by Gasteiger charge is 2.18. The van der Waals surface area contributed by atoms with E-state index < -0.39 is 0 Å². The molecule has 0 unspecified atom stereocenters. The minimum absolute atomic E-state index is 0.134. The summed E-state index contributed by atoms with van der Waals surface area (Å²) in [7, 11) is 0. The second kappa shape index (κ2) is 4.55.